The number of hydrogen-bond acceptors (Lipinski definition) is 3. The molecule has 0 spiro atoms. The number of aromatic nitrogens is 2. The van der Waals surface area contributed by atoms with E-state index in [9.17, 15) is 0 Å². The zero-order valence-corrected chi connectivity index (χ0v) is 9.81. The third kappa shape index (κ3) is 3.35. The Morgan fingerprint density at radius 2 is 2.36 bits per heavy atom. The highest BCUT2D eigenvalue weighted by molar-refractivity contribution is 7.98. The highest BCUT2D eigenvalue weighted by atomic mass is 32.2. The summed E-state index contributed by atoms with van der Waals surface area (Å²) in [5.41, 5.74) is 7.88. The fourth-order valence-corrected chi connectivity index (χ4v) is 2.31. The second-order valence-electron chi connectivity index (χ2n) is 3.29. The molecule has 0 saturated heterocycles. The molecular formula is C10H19N3S. The first-order valence-electron chi connectivity index (χ1n) is 5.09. The number of rotatable bonds is 6. The van der Waals surface area contributed by atoms with Crippen LogP contribution in [-0.4, -0.2) is 22.1 Å². The minimum atomic E-state index is 0.791. The Labute approximate surface area is 90.1 Å². The van der Waals surface area contributed by atoms with Gasteiger partial charge >= 0.3 is 0 Å². The largest absolute Gasteiger partial charge is 0.330 e. The van der Waals surface area contributed by atoms with E-state index in [4.69, 9.17) is 5.73 Å². The molecule has 1 heterocycles. The van der Waals surface area contributed by atoms with Gasteiger partial charge in [-0.05, 0) is 38.6 Å². The van der Waals surface area contributed by atoms with Gasteiger partial charge in [-0.25, -0.2) is 0 Å². The van der Waals surface area contributed by atoms with Gasteiger partial charge in [0, 0.05) is 18.0 Å². The SMILES string of the molecule is CCn1nc(C)cc1CSCCCN. The van der Waals surface area contributed by atoms with Crippen molar-refractivity contribution in [3.05, 3.63) is 17.5 Å². The van der Waals surface area contributed by atoms with Crippen LogP contribution < -0.4 is 5.73 Å². The summed E-state index contributed by atoms with van der Waals surface area (Å²) in [6, 6.07) is 2.17. The molecule has 0 radical (unpaired) electrons. The number of thioether (sulfide) groups is 1. The van der Waals surface area contributed by atoms with E-state index in [0.29, 0.717) is 0 Å². The van der Waals surface area contributed by atoms with E-state index < -0.39 is 0 Å². The van der Waals surface area contributed by atoms with E-state index in [-0.39, 0.29) is 0 Å². The van der Waals surface area contributed by atoms with Crippen molar-refractivity contribution in [3.8, 4) is 0 Å². The molecule has 0 amide bonds. The minimum Gasteiger partial charge on any atom is -0.330 e. The number of nitrogens with zero attached hydrogens (tertiary/aromatic N) is 2. The van der Waals surface area contributed by atoms with Crippen LogP contribution in [0.4, 0.5) is 0 Å². The molecule has 0 fully saturated rings. The molecule has 0 aliphatic carbocycles. The number of aryl methyl sites for hydroxylation is 2. The Balaban J connectivity index is 2.41. The highest BCUT2D eigenvalue weighted by Gasteiger charge is 2.03. The lowest BCUT2D eigenvalue weighted by molar-refractivity contribution is 0.632. The predicted molar refractivity (Wildman–Crippen MR) is 62.5 cm³/mol. The smallest absolute Gasteiger partial charge is 0.0596 e. The summed E-state index contributed by atoms with van der Waals surface area (Å²) in [7, 11) is 0. The summed E-state index contributed by atoms with van der Waals surface area (Å²) in [6.07, 6.45) is 1.10. The third-order valence-corrected chi connectivity index (χ3v) is 3.11. The molecule has 0 aromatic carbocycles. The van der Waals surface area contributed by atoms with E-state index >= 15 is 0 Å². The normalized spacial score (nSPS) is 10.8. The van der Waals surface area contributed by atoms with Crippen LogP contribution in [0.3, 0.4) is 0 Å². The quantitative estimate of drug-likeness (QED) is 0.733. The zero-order valence-electron chi connectivity index (χ0n) is 8.99. The van der Waals surface area contributed by atoms with Crippen molar-refractivity contribution in [1.29, 1.82) is 0 Å². The predicted octanol–water partition coefficient (Wildman–Crippen LogP) is 1.79. The Morgan fingerprint density at radius 3 is 3.00 bits per heavy atom. The second-order valence-corrected chi connectivity index (χ2v) is 4.39. The average molecular weight is 213 g/mol. The summed E-state index contributed by atoms with van der Waals surface area (Å²) in [5, 5.41) is 4.41. The lowest BCUT2D eigenvalue weighted by atomic mass is 10.4. The Kier molecular flexibility index (Phi) is 5.04. The maximum atomic E-state index is 5.44. The molecule has 80 valence electrons. The molecular weight excluding hydrogens is 194 g/mol. The average Bonchev–Trinajstić information content (AvgIpc) is 2.54. The van der Waals surface area contributed by atoms with Gasteiger partial charge in [-0.3, -0.25) is 4.68 Å². The first-order chi connectivity index (χ1) is 6.77. The van der Waals surface area contributed by atoms with Crippen molar-refractivity contribution in [3.63, 3.8) is 0 Å². The summed E-state index contributed by atoms with van der Waals surface area (Å²) < 4.78 is 2.07. The molecule has 1 aromatic rings. The van der Waals surface area contributed by atoms with E-state index in [1.807, 2.05) is 18.7 Å². The topological polar surface area (TPSA) is 43.8 Å². The maximum Gasteiger partial charge on any atom is 0.0596 e. The van der Waals surface area contributed by atoms with Gasteiger partial charge in [-0.2, -0.15) is 16.9 Å². The van der Waals surface area contributed by atoms with Crippen molar-refractivity contribution in [2.45, 2.75) is 32.6 Å². The van der Waals surface area contributed by atoms with E-state index in [0.717, 1.165) is 36.7 Å². The fourth-order valence-electron chi connectivity index (χ4n) is 1.35. The van der Waals surface area contributed by atoms with Crippen LogP contribution in [0.5, 0.6) is 0 Å². The van der Waals surface area contributed by atoms with Crippen LogP contribution in [0.25, 0.3) is 0 Å². The van der Waals surface area contributed by atoms with Crippen LogP contribution >= 0.6 is 11.8 Å². The van der Waals surface area contributed by atoms with Crippen LogP contribution in [0.1, 0.15) is 24.7 Å². The molecule has 1 rings (SSSR count). The van der Waals surface area contributed by atoms with Gasteiger partial charge < -0.3 is 5.73 Å². The van der Waals surface area contributed by atoms with Gasteiger partial charge in [-0.15, -0.1) is 0 Å². The van der Waals surface area contributed by atoms with Crippen LogP contribution in [0.2, 0.25) is 0 Å². The molecule has 1 aromatic heterocycles. The standard InChI is InChI=1S/C10H19N3S/c1-3-13-10(7-9(2)12-13)8-14-6-4-5-11/h7H,3-6,8,11H2,1-2H3. The van der Waals surface area contributed by atoms with Crippen molar-refractivity contribution >= 4 is 11.8 Å². The van der Waals surface area contributed by atoms with Crippen molar-refractivity contribution in [2.75, 3.05) is 12.3 Å². The Morgan fingerprint density at radius 1 is 1.57 bits per heavy atom. The van der Waals surface area contributed by atoms with Gasteiger partial charge in [0.05, 0.1) is 5.69 Å². The summed E-state index contributed by atoms with van der Waals surface area (Å²) in [5.74, 6) is 2.19. The molecule has 0 aliphatic rings. The monoisotopic (exact) mass is 213 g/mol. The Bertz CT molecular complexity index is 270. The first kappa shape index (κ1) is 11.6. The molecule has 14 heavy (non-hydrogen) atoms. The van der Waals surface area contributed by atoms with Crippen LogP contribution in [0.15, 0.2) is 6.07 Å². The summed E-state index contributed by atoms with van der Waals surface area (Å²) >= 11 is 1.93. The van der Waals surface area contributed by atoms with E-state index in [1.165, 1.54) is 5.69 Å². The molecule has 4 heteroatoms. The Hall–Kier alpha value is -0.480. The van der Waals surface area contributed by atoms with E-state index in [1.54, 1.807) is 0 Å². The van der Waals surface area contributed by atoms with Crippen molar-refractivity contribution in [1.82, 2.24) is 9.78 Å². The fraction of sp³-hybridized carbons (Fsp3) is 0.700. The molecule has 0 aliphatic heterocycles. The number of nitrogens with two attached hydrogens (primary N) is 1. The molecule has 2 N–H and O–H groups in total. The summed E-state index contributed by atoms with van der Waals surface area (Å²) in [6.45, 7) is 5.92. The summed E-state index contributed by atoms with van der Waals surface area (Å²) in [4.78, 5) is 0. The van der Waals surface area contributed by atoms with Gasteiger partial charge in [0.1, 0.15) is 0 Å². The highest BCUT2D eigenvalue weighted by Crippen LogP contribution is 2.14. The maximum absolute atomic E-state index is 5.44. The molecule has 0 bridgehead atoms. The molecule has 3 nitrogen and oxygen atoms in total. The van der Waals surface area contributed by atoms with Crippen molar-refractivity contribution in [2.24, 2.45) is 5.73 Å². The van der Waals surface area contributed by atoms with Crippen molar-refractivity contribution < 1.29 is 0 Å². The lowest BCUT2D eigenvalue weighted by Crippen LogP contribution is -2.03. The lowest BCUT2D eigenvalue weighted by Gasteiger charge is -2.03. The zero-order chi connectivity index (χ0) is 10.4. The molecule has 0 unspecified atom stereocenters. The van der Waals surface area contributed by atoms with Crippen LogP contribution in [-0.2, 0) is 12.3 Å². The van der Waals surface area contributed by atoms with Gasteiger partial charge in [0.15, 0.2) is 0 Å². The van der Waals surface area contributed by atoms with E-state index in [2.05, 4.69) is 22.8 Å². The molecule has 0 saturated carbocycles. The van der Waals surface area contributed by atoms with Gasteiger partial charge in [0.2, 0.25) is 0 Å². The minimum absolute atomic E-state index is 0.791. The number of hydrogen-bond donors (Lipinski definition) is 1. The second kappa shape index (κ2) is 6.09. The first-order valence-corrected chi connectivity index (χ1v) is 6.24. The van der Waals surface area contributed by atoms with Gasteiger partial charge in [-0.1, -0.05) is 0 Å². The van der Waals surface area contributed by atoms with Crippen LogP contribution in [0, 0.1) is 6.92 Å². The third-order valence-electron chi connectivity index (χ3n) is 2.03. The van der Waals surface area contributed by atoms with Gasteiger partial charge in [0.25, 0.3) is 0 Å². The molecule has 0 atom stereocenters.